The molecule has 2 heterocycles. The molecule has 174 valence electrons. The Labute approximate surface area is 199 Å². The summed E-state index contributed by atoms with van der Waals surface area (Å²) in [4.78, 5) is 37.8. The Morgan fingerprint density at radius 3 is 2.45 bits per heavy atom. The molecular weight excluding hydrogens is 464 g/mol. The van der Waals surface area contributed by atoms with Gasteiger partial charge in [-0.05, 0) is 44.5 Å². The molecule has 2 aromatic heterocycles. The molecule has 0 aliphatic carbocycles. The number of esters is 2. The number of thiophene rings is 1. The van der Waals surface area contributed by atoms with E-state index in [0.717, 1.165) is 17.0 Å². The lowest BCUT2D eigenvalue weighted by atomic mass is 10.1. The molecule has 1 aromatic carbocycles. The smallest absolute Gasteiger partial charge is 0.339 e. The van der Waals surface area contributed by atoms with Crippen LogP contribution in [-0.4, -0.2) is 52.6 Å². The zero-order valence-corrected chi connectivity index (χ0v) is 20.6. The first kappa shape index (κ1) is 24.5. The molecule has 3 rings (SSSR count). The average molecular weight is 489 g/mol. The number of hydrogen-bond donors (Lipinski definition) is 1. The second-order valence-corrected chi connectivity index (χ2v) is 8.99. The van der Waals surface area contributed by atoms with Gasteiger partial charge in [0.15, 0.2) is 11.0 Å². The van der Waals surface area contributed by atoms with Crippen LogP contribution in [0.4, 0.5) is 5.69 Å². The SMILES string of the molecule is CCn1c(SCC(=O)Nc2cc(C(=O)OC)ccc2C(=O)OC)nnc1-c1csc(C)c1C. The zero-order valence-electron chi connectivity index (χ0n) is 18.9. The summed E-state index contributed by atoms with van der Waals surface area (Å²) >= 11 is 2.90. The van der Waals surface area contributed by atoms with Crippen LogP contribution in [0, 0.1) is 13.8 Å². The summed E-state index contributed by atoms with van der Waals surface area (Å²) in [6.45, 7) is 6.76. The van der Waals surface area contributed by atoms with Gasteiger partial charge in [0.05, 0.1) is 36.8 Å². The Bertz CT molecular complexity index is 1200. The monoisotopic (exact) mass is 488 g/mol. The molecule has 0 spiro atoms. The van der Waals surface area contributed by atoms with Crippen LogP contribution < -0.4 is 5.32 Å². The van der Waals surface area contributed by atoms with Gasteiger partial charge in [0.25, 0.3) is 0 Å². The summed E-state index contributed by atoms with van der Waals surface area (Å²) in [6.07, 6.45) is 0. The molecule has 1 amide bonds. The van der Waals surface area contributed by atoms with Crippen molar-refractivity contribution in [3.8, 4) is 11.4 Å². The standard InChI is InChI=1S/C22H24N4O5S2/c1-6-26-19(16-10-32-13(3)12(16)2)24-25-22(26)33-11-18(27)23-17-9-14(20(28)30-4)7-8-15(17)21(29)31-5/h7-10H,6,11H2,1-5H3,(H,23,27). The second-order valence-electron chi connectivity index (χ2n) is 6.96. The van der Waals surface area contributed by atoms with Gasteiger partial charge in [-0.25, -0.2) is 9.59 Å². The maximum atomic E-state index is 12.7. The van der Waals surface area contributed by atoms with Gasteiger partial charge in [0.2, 0.25) is 5.91 Å². The minimum absolute atomic E-state index is 0.0306. The third kappa shape index (κ3) is 5.25. The minimum atomic E-state index is -0.633. The Morgan fingerprint density at radius 2 is 1.85 bits per heavy atom. The Morgan fingerprint density at radius 1 is 1.12 bits per heavy atom. The highest BCUT2D eigenvalue weighted by Crippen LogP contribution is 2.31. The van der Waals surface area contributed by atoms with Gasteiger partial charge in [0, 0.05) is 22.4 Å². The van der Waals surface area contributed by atoms with Gasteiger partial charge in [0.1, 0.15) is 0 Å². The fourth-order valence-electron chi connectivity index (χ4n) is 3.11. The Kier molecular flexibility index (Phi) is 7.88. The highest BCUT2D eigenvalue weighted by atomic mass is 32.2. The molecule has 3 aromatic rings. The van der Waals surface area contributed by atoms with E-state index in [1.165, 1.54) is 49.1 Å². The number of benzene rings is 1. The number of nitrogens with zero attached hydrogens (tertiary/aromatic N) is 3. The fraction of sp³-hybridized carbons (Fsp3) is 0.318. The molecule has 0 aliphatic heterocycles. The van der Waals surface area contributed by atoms with Gasteiger partial charge in [-0.3, -0.25) is 4.79 Å². The number of anilines is 1. The normalized spacial score (nSPS) is 10.7. The van der Waals surface area contributed by atoms with Crippen LogP contribution >= 0.6 is 23.1 Å². The molecule has 0 fully saturated rings. The molecule has 0 radical (unpaired) electrons. The molecule has 0 atom stereocenters. The van der Waals surface area contributed by atoms with E-state index < -0.39 is 11.9 Å². The average Bonchev–Trinajstić information content (AvgIpc) is 3.38. The zero-order chi connectivity index (χ0) is 24.1. The van der Waals surface area contributed by atoms with Crippen LogP contribution in [0.1, 0.15) is 38.1 Å². The maximum Gasteiger partial charge on any atom is 0.339 e. The third-order valence-corrected chi connectivity index (χ3v) is 6.99. The summed E-state index contributed by atoms with van der Waals surface area (Å²) in [5.74, 6) is -0.795. The first-order chi connectivity index (χ1) is 15.8. The van der Waals surface area contributed by atoms with E-state index in [0.29, 0.717) is 11.7 Å². The Hall–Kier alpha value is -3.18. The fourth-order valence-corrected chi connectivity index (χ4v) is 4.78. The summed E-state index contributed by atoms with van der Waals surface area (Å²) in [5.41, 5.74) is 2.69. The number of methoxy groups -OCH3 is 2. The molecule has 0 saturated heterocycles. The number of carbonyl (C=O) groups excluding carboxylic acids is 3. The van der Waals surface area contributed by atoms with Crippen molar-refractivity contribution in [1.82, 2.24) is 14.8 Å². The lowest BCUT2D eigenvalue weighted by Crippen LogP contribution is -2.18. The Balaban J connectivity index is 1.78. The van der Waals surface area contributed by atoms with Gasteiger partial charge in [-0.1, -0.05) is 11.8 Å². The second kappa shape index (κ2) is 10.6. The highest BCUT2D eigenvalue weighted by Gasteiger charge is 2.20. The van der Waals surface area contributed by atoms with E-state index in [-0.39, 0.29) is 28.5 Å². The van der Waals surface area contributed by atoms with Crippen molar-refractivity contribution in [2.45, 2.75) is 32.5 Å². The van der Waals surface area contributed by atoms with E-state index in [9.17, 15) is 14.4 Å². The lowest BCUT2D eigenvalue weighted by Gasteiger charge is -2.11. The van der Waals surface area contributed by atoms with E-state index in [4.69, 9.17) is 9.47 Å². The first-order valence-corrected chi connectivity index (χ1v) is 11.9. The lowest BCUT2D eigenvalue weighted by molar-refractivity contribution is -0.113. The quantitative estimate of drug-likeness (QED) is 0.375. The van der Waals surface area contributed by atoms with Crippen LogP contribution in [0.15, 0.2) is 28.7 Å². The number of thioether (sulfide) groups is 1. The van der Waals surface area contributed by atoms with Gasteiger partial charge in [-0.15, -0.1) is 21.5 Å². The van der Waals surface area contributed by atoms with Gasteiger partial charge in [-0.2, -0.15) is 0 Å². The number of aryl methyl sites for hydroxylation is 1. The van der Waals surface area contributed by atoms with E-state index in [1.807, 2.05) is 11.5 Å². The molecule has 9 nitrogen and oxygen atoms in total. The number of hydrogen-bond acceptors (Lipinski definition) is 9. The summed E-state index contributed by atoms with van der Waals surface area (Å²) in [6, 6.07) is 4.23. The van der Waals surface area contributed by atoms with Crippen LogP contribution in [0.25, 0.3) is 11.4 Å². The van der Waals surface area contributed by atoms with Crippen molar-refractivity contribution < 1.29 is 23.9 Å². The molecule has 0 unspecified atom stereocenters. The van der Waals surface area contributed by atoms with Crippen LogP contribution in [0.5, 0.6) is 0 Å². The molecular formula is C22H24N4O5S2. The number of ether oxygens (including phenoxy) is 2. The van der Waals surface area contributed by atoms with Crippen LogP contribution in [-0.2, 0) is 20.8 Å². The number of aromatic nitrogens is 3. The topological polar surface area (TPSA) is 112 Å². The molecule has 0 saturated carbocycles. The molecule has 0 aliphatic rings. The van der Waals surface area contributed by atoms with Crippen molar-refractivity contribution in [2.24, 2.45) is 0 Å². The summed E-state index contributed by atoms with van der Waals surface area (Å²) in [7, 11) is 2.49. The highest BCUT2D eigenvalue weighted by molar-refractivity contribution is 7.99. The number of amides is 1. The maximum absolute atomic E-state index is 12.7. The van der Waals surface area contributed by atoms with Crippen LogP contribution in [0.2, 0.25) is 0 Å². The summed E-state index contributed by atoms with van der Waals surface area (Å²) in [5, 5.41) is 14.0. The predicted octanol–water partition coefficient (Wildman–Crippen LogP) is 3.95. The summed E-state index contributed by atoms with van der Waals surface area (Å²) < 4.78 is 11.4. The number of carbonyl (C=O) groups is 3. The van der Waals surface area contributed by atoms with E-state index >= 15 is 0 Å². The van der Waals surface area contributed by atoms with Crippen molar-refractivity contribution in [3.05, 3.63) is 45.1 Å². The molecule has 0 bridgehead atoms. The first-order valence-electron chi connectivity index (χ1n) is 10.0. The third-order valence-electron chi connectivity index (χ3n) is 5.01. The molecule has 33 heavy (non-hydrogen) atoms. The molecule has 1 N–H and O–H groups in total. The van der Waals surface area contributed by atoms with Crippen LogP contribution in [0.3, 0.4) is 0 Å². The van der Waals surface area contributed by atoms with Crippen molar-refractivity contribution in [3.63, 3.8) is 0 Å². The molecule has 11 heteroatoms. The van der Waals surface area contributed by atoms with E-state index in [1.54, 1.807) is 11.3 Å². The van der Waals surface area contributed by atoms with Gasteiger partial charge >= 0.3 is 11.9 Å². The minimum Gasteiger partial charge on any atom is -0.465 e. The number of rotatable bonds is 8. The largest absolute Gasteiger partial charge is 0.465 e. The van der Waals surface area contributed by atoms with Crippen molar-refractivity contribution >= 4 is 46.6 Å². The van der Waals surface area contributed by atoms with Gasteiger partial charge < -0.3 is 19.4 Å². The number of nitrogens with one attached hydrogen (secondary N) is 1. The predicted molar refractivity (Wildman–Crippen MR) is 127 cm³/mol. The van der Waals surface area contributed by atoms with Crippen molar-refractivity contribution in [1.29, 1.82) is 0 Å². The van der Waals surface area contributed by atoms with E-state index in [2.05, 4.69) is 34.7 Å². The van der Waals surface area contributed by atoms with Crippen molar-refractivity contribution in [2.75, 3.05) is 25.3 Å².